The molecule has 27 heavy (non-hydrogen) atoms. The van der Waals surface area contributed by atoms with Crippen LogP contribution in [0.4, 0.5) is 0 Å². The standard InChI is InChI=1S/C21H25BrN4O/c1-21(2,3)15-9-10-18-17(12-15)19(25-24-18)20(27)26-23-13-16(22)11-14-7-5-4-6-8-14/h4-8,11,13,15H,9-10,12H2,1-3H3,(H,24,25)(H,26,27)/b16-11-,23-13-/t15-/m0/s1. The van der Waals surface area contributed by atoms with Crippen LogP contribution in [-0.4, -0.2) is 22.3 Å². The summed E-state index contributed by atoms with van der Waals surface area (Å²) < 4.78 is 0.769. The average molecular weight is 429 g/mol. The predicted octanol–water partition coefficient (Wildman–Crippen LogP) is 4.71. The smallest absolute Gasteiger partial charge is 0.281 e. The summed E-state index contributed by atoms with van der Waals surface area (Å²) in [6.07, 6.45) is 6.43. The number of halogens is 1. The number of rotatable bonds is 4. The molecule has 0 saturated carbocycles. The van der Waals surface area contributed by atoms with Crippen molar-refractivity contribution >= 4 is 34.1 Å². The van der Waals surface area contributed by atoms with Gasteiger partial charge in [-0.2, -0.15) is 10.2 Å². The Morgan fingerprint density at radius 1 is 1.33 bits per heavy atom. The number of carbonyl (C=O) groups excluding carboxylic acids is 1. The lowest BCUT2D eigenvalue weighted by Crippen LogP contribution is -2.28. The third kappa shape index (κ3) is 4.95. The van der Waals surface area contributed by atoms with Crippen LogP contribution in [0, 0.1) is 11.3 Å². The summed E-state index contributed by atoms with van der Waals surface area (Å²) in [5, 5.41) is 11.3. The third-order valence-corrected chi connectivity index (χ3v) is 5.48. The number of allylic oxidation sites excluding steroid dienone is 1. The van der Waals surface area contributed by atoms with Crippen molar-refractivity contribution in [1.82, 2.24) is 15.6 Å². The van der Waals surface area contributed by atoms with Gasteiger partial charge < -0.3 is 0 Å². The van der Waals surface area contributed by atoms with E-state index in [9.17, 15) is 4.79 Å². The molecule has 6 heteroatoms. The highest BCUT2D eigenvalue weighted by atomic mass is 79.9. The molecule has 0 unspecified atom stereocenters. The van der Waals surface area contributed by atoms with Crippen molar-refractivity contribution in [3.8, 4) is 0 Å². The lowest BCUT2D eigenvalue weighted by Gasteiger charge is -2.33. The summed E-state index contributed by atoms with van der Waals surface area (Å²) in [4.78, 5) is 12.5. The van der Waals surface area contributed by atoms with Gasteiger partial charge in [-0.1, -0.05) is 51.1 Å². The first kappa shape index (κ1) is 19.5. The zero-order valence-electron chi connectivity index (χ0n) is 15.9. The molecule has 1 heterocycles. The SMILES string of the molecule is CC(C)(C)[C@H]1CCc2[nH]nc(C(=O)N/N=C\C(Br)=C\c3ccccc3)c2C1. The molecule has 0 bridgehead atoms. The summed E-state index contributed by atoms with van der Waals surface area (Å²) >= 11 is 3.44. The molecule has 5 nitrogen and oxygen atoms in total. The van der Waals surface area contributed by atoms with E-state index in [2.05, 4.69) is 57.4 Å². The molecule has 0 spiro atoms. The van der Waals surface area contributed by atoms with E-state index in [0.717, 1.165) is 40.6 Å². The van der Waals surface area contributed by atoms with Gasteiger partial charge in [0.2, 0.25) is 0 Å². The van der Waals surface area contributed by atoms with E-state index in [4.69, 9.17) is 0 Å². The number of aromatic nitrogens is 2. The Labute approximate surface area is 168 Å². The summed E-state index contributed by atoms with van der Waals surface area (Å²) in [5.41, 5.74) is 6.42. The average Bonchev–Trinajstić information content (AvgIpc) is 3.05. The molecule has 0 fully saturated rings. The molecule has 1 amide bonds. The Kier molecular flexibility index (Phi) is 5.95. The second-order valence-electron chi connectivity index (χ2n) is 7.97. The monoisotopic (exact) mass is 428 g/mol. The summed E-state index contributed by atoms with van der Waals surface area (Å²) in [7, 11) is 0. The molecule has 0 saturated heterocycles. The van der Waals surface area contributed by atoms with Gasteiger partial charge in [0.15, 0.2) is 5.69 Å². The Morgan fingerprint density at radius 3 is 2.78 bits per heavy atom. The van der Waals surface area contributed by atoms with E-state index in [1.54, 1.807) is 6.21 Å². The highest BCUT2D eigenvalue weighted by Crippen LogP contribution is 2.37. The minimum Gasteiger partial charge on any atom is -0.281 e. The number of aromatic amines is 1. The molecule has 1 atom stereocenters. The quantitative estimate of drug-likeness (QED) is 0.546. The summed E-state index contributed by atoms with van der Waals surface area (Å²) in [5.74, 6) is 0.263. The number of nitrogens with one attached hydrogen (secondary N) is 2. The van der Waals surface area contributed by atoms with Crippen LogP contribution < -0.4 is 5.43 Å². The number of carbonyl (C=O) groups is 1. The molecule has 1 aromatic carbocycles. The summed E-state index contributed by atoms with van der Waals surface area (Å²) in [6, 6.07) is 9.90. The minimum atomic E-state index is -0.279. The molecule has 0 radical (unpaired) electrons. The van der Waals surface area contributed by atoms with Crippen molar-refractivity contribution in [2.75, 3.05) is 0 Å². The zero-order chi connectivity index (χ0) is 19.4. The number of nitrogens with zero attached hydrogens (tertiary/aromatic N) is 2. The first-order valence-electron chi connectivity index (χ1n) is 9.16. The number of amides is 1. The molecule has 2 N–H and O–H groups in total. The van der Waals surface area contributed by atoms with Crippen molar-refractivity contribution in [2.24, 2.45) is 16.4 Å². The van der Waals surface area contributed by atoms with Gasteiger partial charge in [-0.25, -0.2) is 5.43 Å². The van der Waals surface area contributed by atoms with Gasteiger partial charge in [0.1, 0.15) is 0 Å². The molecule has 1 aromatic heterocycles. The van der Waals surface area contributed by atoms with E-state index in [1.807, 2.05) is 36.4 Å². The van der Waals surface area contributed by atoms with Crippen molar-refractivity contribution in [3.05, 3.63) is 57.3 Å². The van der Waals surface area contributed by atoms with Gasteiger partial charge in [-0.15, -0.1) is 0 Å². The number of hydrazone groups is 1. The van der Waals surface area contributed by atoms with Crippen LogP contribution in [0.2, 0.25) is 0 Å². The number of hydrogen-bond donors (Lipinski definition) is 2. The minimum absolute atomic E-state index is 0.216. The zero-order valence-corrected chi connectivity index (χ0v) is 17.5. The van der Waals surface area contributed by atoms with Gasteiger partial charge in [0, 0.05) is 15.7 Å². The van der Waals surface area contributed by atoms with E-state index >= 15 is 0 Å². The molecule has 1 aliphatic rings. The Balaban J connectivity index is 1.66. The second kappa shape index (κ2) is 8.21. The fourth-order valence-electron chi connectivity index (χ4n) is 3.37. The molecule has 1 aliphatic carbocycles. The number of fused-ring (bicyclic) bond motifs is 1. The first-order valence-corrected chi connectivity index (χ1v) is 9.95. The van der Waals surface area contributed by atoms with Crippen molar-refractivity contribution < 1.29 is 4.79 Å². The molecule has 142 valence electrons. The molecule has 3 rings (SSSR count). The van der Waals surface area contributed by atoms with Crippen molar-refractivity contribution in [2.45, 2.75) is 40.0 Å². The van der Waals surface area contributed by atoms with Crippen molar-refractivity contribution in [1.29, 1.82) is 0 Å². The molecule has 0 aliphatic heterocycles. The largest absolute Gasteiger partial charge is 0.292 e. The highest BCUT2D eigenvalue weighted by molar-refractivity contribution is 9.12. The van der Waals surface area contributed by atoms with E-state index in [1.165, 1.54) is 0 Å². The lowest BCUT2D eigenvalue weighted by atomic mass is 9.71. The molecule has 2 aromatic rings. The van der Waals surface area contributed by atoms with Crippen LogP contribution in [0.15, 0.2) is 39.9 Å². The predicted molar refractivity (Wildman–Crippen MR) is 113 cm³/mol. The maximum absolute atomic E-state index is 12.5. The van der Waals surface area contributed by atoms with Crippen LogP contribution >= 0.6 is 15.9 Å². The highest BCUT2D eigenvalue weighted by Gasteiger charge is 2.32. The second-order valence-corrected chi connectivity index (χ2v) is 8.89. The fourth-order valence-corrected chi connectivity index (χ4v) is 3.74. The maximum Gasteiger partial charge on any atom is 0.292 e. The Morgan fingerprint density at radius 2 is 2.07 bits per heavy atom. The number of hydrogen-bond acceptors (Lipinski definition) is 3. The topological polar surface area (TPSA) is 70.1 Å². The number of benzene rings is 1. The van der Waals surface area contributed by atoms with Crippen LogP contribution in [0.5, 0.6) is 0 Å². The first-order chi connectivity index (χ1) is 12.8. The van der Waals surface area contributed by atoms with Crippen LogP contribution in [0.3, 0.4) is 0 Å². The van der Waals surface area contributed by atoms with Crippen LogP contribution in [0.25, 0.3) is 6.08 Å². The van der Waals surface area contributed by atoms with E-state index in [-0.39, 0.29) is 11.3 Å². The fraction of sp³-hybridized carbons (Fsp3) is 0.381. The van der Waals surface area contributed by atoms with E-state index < -0.39 is 0 Å². The van der Waals surface area contributed by atoms with Gasteiger partial charge in [0.25, 0.3) is 5.91 Å². The van der Waals surface area contributed by atoms with Gasteiger partial charge in [-0.3, -0.25) is 9.89 Å². The van der Waals surface area contributed by atoms with E-state index in [0.29, 0.717) is 11.6 Å². The summed E-state index contributed by atoms with van der Waals surface area (Å²) in [6.45, 7) is 6.76. The van der Waals surface area contributed by atoms with Gasteiger partial charge >= 0.3 is 0 Å². The third-order valence-electron chi connectivity index (χ3n) is 5.04. The molecular formula is C21H25BrN4O. The van der Waals surface area contributed by atoms with Crippen LogP contribution in [0.1, 0.15) is 54.5 Å². The number of aryl methyl sites for hydroxylation is 1. The number of H-pyrrole nitrogens is 1. The lowest BCUT2D eigenvalue weighted by molar-refractivity contribution is 0.0948. The Hall–Kier alpha value is -2.21. The normalized spacial score (nSPS) is 17.8. The van der Waals surface area contributed by atoms with Gasteiger partial charge in [0.05, 0.1) is 6.21 Å². The van der Waals surface area contributed by atoms with Crippen molar-refractivity contribution in [3.63, 3.8) is 0 Å². The van der Waals surface area contributed by atoms with Gasteiger partial charge in [-0.05, 0) is 58.2 Å². The molecular weight excluding hydrogens is 404 g/mol. The maximum atomic E-state index is 12.5. The Bertz CT molecular complexity index is 862. The van der Waals surface area contributed by atoms with Crippen LogP contribution in [-0.2, 0) is 12.8 Å².